The Balaban J connectivity index is 1.65. The monoisotopic (exact) mass is 230 g/mol. The Hall–Kier alpha value is -0.820. The zero-order valence-electron chi connectivity index (χ0n) is 10.8. The molecule has 3 rings (SSSR count). The van der Waals surface area contributed by atoms with Crippen LogP contribution in [0.4, 0.5) is 0 Å². The number of fused-ring (bicyclic) bond motifs is 1. The second-order valence-corrected chi connectivity index (χ2v) is 6.25. The van der Waals surface area contributed by atoms with Crippen LogP contribution < -0.4 is 0 Å². The van der Waals surface area contributed by atoms with E-state index < -0.39 is 0 Å². The van der Waals surface area contributed by atoms with Crippen LogP contribution in [-0.2, 0) is 6.42 Å². The maximum atomic E-state index is 10.3. The van der Waals surface area contributed by atoms with Gasteiger partial charge >= 0.3 is 0 Å². The summed E-state index contributed by atoms with van der Waals surface area (Å²) in [7, 11) is 0. The van der Waals surface area contributed by atoms with Crippen molar-refractivity contribution in [2.24, 2.45) is 17.8 Å². The van der Waals surface area contributed by atoms with E-state index in [9.17, 15) is 5.11 Å². The van der Waals surface area contributed by atoms with Gasteiger partial charge in [0, 0.05) is 0 Å². The SMILES string of the molecule is Cc1cc(C)cc(CC(O)C2CC3CC3C2)c1. The van der Waals surface area contributed by atoms with Gasteiger partial charge in [0.05, 0.1) is 6.10 Å². The van der Waals surface area contributed by atoms with Gasteiger partial charge < -0.3 is 5.11 Å². The number of aliphatic hydroxyl groups excluding tert-OH is 1. The summed E-state index contributed by atoms with van der Waals surface area (Å²) in [5, 5.41) is 10.3. The highest BCUT2D eigenvalue weighted by molar-refractivity contribution is 5.29. The van der Waals surface area contributed by atoms with Gasteiger partial charge in [-0.2, -0.15) is 0 Å². The fourth-order valence-corrected chi connectivity index (χ4v) is 3.67. The molecular weight excluding hydrogens is 208 g/mol. The summed E-state index contributed by atoms with van der Waals surface area (Å²) in [6.07, 6.45) is 4.70. The van der Waals surface area contributed by atoms with Gasteiger partial charge in [-0.25, -0.2) is 0 Å². The summed E-state index contributed by atoms with van der Waals surface area (Å²) in [5.74, 6) is 2.50. The van der Waals surface area contributed by atoms with E-state index in [0.29, 0.717) is 5.92 Å². The minimum absolute atomic E-state index is 0.121. The first-order valence-corrected chi connectivity index (χ1v) is 6.87. The molecule has 2 saturated carbocycles. The van der Waals surface area contributed by atoms with Crippen LogP contribution in [0.25, 0.3) is 0 Å². The molecular formula is C16H22O. The van der Waals surface area contributed by atoms with Crippen LogP contribution in [0.1, 0.15) is 36.0 Å². The van der Waals surface area contributed by atoms with Crippen molar-refractivity contribution in [2.45, 2.75) is 45.6 Å². The fourth-order valence-electron chi connectivity index (χ4n) is 3.67. The lowest BCUT2D eigenvalue weighted by Crippen LogP contribution is -2.21. The summed E-state index contributed by atoms with van der Waals surface area (Å²) < 4.78 is 0. The summed E-state index contributed by atoms with van der Waals surface area (Å²) >= 11 is 0. The third-order valence-electron chi connectivity index (χ3n) is 4.55. The molecule has 17 heavy (non-hydrogen) atoms. The van der Waals surface area contributed by atoms with Crippen molar-refractivity contribution >= 4 is 0 Å². The molecule has 1 nitrogen and oxygen atoms in total. The van der Waals surface area contributed by atoms with Crippen LogP contribution >= 0.6 is 0 Å². The molecule has 0 radical (unpaired) electrons. The highest BCUT2D eigenvalue weighted by Crippen LogP contribution is 2.55. The van der Waals surface area contributed by atoms with Gasteiger partial charge in [0.2, 0.25) is 0 Å². The van der Waals surface area contributed by atoms with Crippen LogP contribution in [0, 0.1) is 31.6 Å². The molecule has 0 spiro atoms. The van der Waals surface area contributed by atoms with Crippen molar-refractivity contribution in [3.63, 3.8) is 0 Å². The number of aryl methyl sites for hydroxylation is 2. The molecule has 1 heteroatoms. The first-order chi connectivity index (χ1) is 8.11. The van der Waals surface area contributed by atoms with Crippen molar-refractivity contribution < 1.29 is 5.11 Å². The maximum Gasteiger partial charge on any atom is 0.0608 e. The van der Waals surface area contributed by atoms with Crippen LogP contribution in [0.15, 0.2) is 18.2 Å². The minimum atomic E-state index is -0.121. The molecule has 2 aliphatic carbocycles. The second kappa shape index (κ2) is 4.13. The zero-order chi connectivity index (χ0) is 12.0. The van der Waals surface area contributed by atoms with E-state index in [1.807, 2.05) is 0 Å². The van der Waals surface area contributed by atoms with E-state index in [0.717, 1.165) is 18.3 Å². The summed E-state index contributed by atoms with van der Waals surface area (Å²) in [5.41, 5.74) is 3.92. The number of hydrogen-bond donors (Lipinski definition) is 1. The molecule has 0 aliphatic heterocycles. The van der Waals surface area contributed by atoms with E-state index in [2.05, 4.69) is 32.0 Å². The Morgan fingerprint density at radius 3 is 2.24 bits per heavy atom. The Bertz CT molecular complexity index is 393. The van der Waals surface area contributed by atoms with Gasteiger partial charge in [-0.1, -0.05) is 29.3 Å². The van der Waals surface area contributed by atoms with Gasteiger partial charge in [-0.3, -0.25) is 0 Å². The van der Waals surface area contributed by atoms with Crippen LogP contribution in [0.5, 0.6) is 0 Å². The van der Waals surface area contributed by atoms with Crippen LogP contribution in [0.3, 0.4) is 0 Å². The zero-order valence-corrected chi connectivity index (χ0v) is 10.8. The van der Waals surface area contributed by atoms with E-state index in [4.69, 9.17) is 0 Å². The summed E-state index contributed by atoms with van der Waals surface area (Å²) in [6, 6.07) is 6.62. The van der Waals surface area contributed by atoms with Gasteiger partial charge in [0.1, 0.15) is 0 Å². The molecule has 0 saturated heterocycles. The van der Waals surface area contributed by atoms with Gasteiger partial charge in [0.15, 0.2) is 0 Å². The number of benzene rings is 1. The maximum absolute atomic E-state index is 10.3. The lowest BCUT2D eigenvalue weighted by molar-refractivity contribution is 0.104. The average Bonchev–Trinajstić information content (AvgIpc) is 2.84. The van der Waals surface area contributed by atoms with Gasteiger partial charge in [-0.05, 0) is 62.8 Å². The molecule has 0 aromatic heterocycles. The number of aliphatic hydroxyl groups is 1. The average molecular weight is 230 g/mol. The van der Waals surface area contributed by atoms with Crippen molar-refractivity contribution in [3.05, 3.63) is 34.9 Å². The Morgan fingerprint density at radius 2 is 1.65 bits per heavy atom. The first-order valence-electron chi connectivity index (χ1n) is 6.87. The summed E-state index contributed by atoms with van der Waals surface area (Å²) in [4.78, 5) is 0. The lowest BCUT2D eigenvalue weighted by Gasteiger charge is -2.20. The molecule has 2 fully saturated rings. The van der Waals surface area contributed by atoms with Crippen LogP contribution in [-0.4, -0.2) is 11.2 Å². The standard InChI is InChI=1S/C16H22O/c1-10-3-11(2)5-12(4-10)6-16(17)15-8-13-7-14(13)9-15/h3-5,13-17H,6-9H2,1-2H3. The number of hydrogen-bond acceptors (Lipinski definition) is 1. The van der Waals surface area contributed by atoms with E-state index >= 15 is 0 Å². The van der Waals surface area contributed by atoms with Crippen molar-refractivity contribution in [2.75, 3.05) is 0 Å². The molecule has 0 amide bonds. The highest BCUT2D eigenvalue weighted by Gasteiger charge is 2.47. The van der Waals surface area contributed by atoms with Crippen LogP contribution in [0.2, 0.25) is 0 Å². The largest absolute Gasteiger partial charge is 0.392 e. The summed E-state index contributed by atoms with van der Waals surface area (Å²) in [6.45, 7) is 4.27. The quantitative estimate of drug-likeness (QED) is 0.845. The van der Waals surface area contributed by atoms with Crippen molar-refractivity contribution in [3.8, 4) is 0 Å². The third kappa shape index (κ3) is 2.40. The Morgan fingerprint density at radius 1 is 1.06 bits per heavy atom. The van der Waals surface area contributed by atoms with E-state index in [1.165, 1.54) is 36.0 Å². The minimum Gasteiger partial charge on any atom is -0.392 e. The Kier molecular flexibility index (Phi) is 2.74. The second-order valence-electron chi connectivity index (χ2n) is 6.25. The first kappa shape index (κ1) is 11.3. The van der Waals surface area contributed by atoms with E-state index in [1.54, 1.807) is 0 Å². The molecule has 1 aromatic carbocycles. The lowest BCUT2D eigenvalue weighted by atomic mass is 9.91. The molecule has 1 aromatic rings. The molecule has 92 valence electrons. The topological polar surface area (TPSA) is 20.2 Å². The molecule has 1 N–H and O–H groups in total. The number of rotatable bonds is 3. The van der Waals surface area contributed by atoms with Gasteiger partial charge in [-0.15, -0.1) is 0 Å². The highest BCUT2D eigenvalue weighted by atomic mass is 16.3. The van der Waals surface area contributed by atoms with E-state index in [-0.39, 0.29) is 6.10 Å². The van der Waals surface area contributed by atoms with Gasteiger partial charge in [0.25, 0.3) is 0 Å². The normalized spacial score (nSPS) is 32.3. The Labute approximate surface area is 104 Å². The molecule has 2 aliphatic rings. The predicted molar refractivity (Wildman–Crippen MR) is 69.9 cm³/mol. The van der Waals surface area contributed by atoms with Crippen molar-refractivity contribution in [1.29, 1.82) is 0 Å². The predicted octanol–water partition coefficient (Wildman–Crippen LogP) is 3.25. The fraction of sp³-hybridized carbons (Fsp3) is 0.625. The van der Waals surface area contributed by atoms with Crippen molar-refractivity contribution in [1.82, 2.24) is 0 Å². The third-order valence-corrected chi connectivity index (χ3v) is 4.55. The smallest absolute Gasteiger partial charge is 0.0608 e. The molecule has 0 heterocycles. The molecule has 3 atom stereocenters. The molecule has 3 unspecified atom stereocenters. The molecule has 0 bridgehead atoms.